The van der Waals surface area contributed by atoms with E-state index in [9.17, 15) is 4.79 Å². The van der Waals surface area contributed by atoms with Crippen molar-refractivity contribution in [2.75, 3.05) is 35.2 Å². The molecule has 2 N–H and O–H groups in total. The maximum atomic E-state index is 12.4. The van der Waals surface area contributed by atoms with Gasteiger partial charge in [0.2, 0.25) is 5.91 Å². The van der Waals surface area contributed by atoms with Gasteiger partial charge in [-0.25, -0.2) is 0 Å². The summed E-state index contributed by atoms with van der Waals surface area (Å²) in [6, 6.07) is 13.8. The first-order valence-corrected chi connectivity index (χ1v) is 9.59. The van der Waals surface area contributed by atoms with Crippen molar-refractivity contribution in [1.82, 2.24) is 0 Å². The van der Waals surface area contributed by atoms with E-state index in [0.717, 1.165) is 24.3 Å². The molecule has 0 fully saturated rings. The van der Waals surface area contributed by atoms with Crippen molar-refractivity contribution in [3.8, 4) is 5.75 Å². The predicted molar refractivity (Wildman–Crippen MR) is 114 cm³/mol. The SMILES string of the molecule is CCN(CC)c1ccc(NCC(=O)Nc2ccccc2OC(C)C)c(C)c1. The number of nitrogens with zero attached hydrogens (tertiary/aromatic N) is 1. The van der Waals surface area contributed by atoms with Crippen molar-refractivity contribution in [3.05, 3.63) is 48.0 Å². The fraction of sp³-hybridized carbons (Fsp3) is 0.409. The van der Waals surface area contributed by atoms with E-state index >= 15 is 0 Å². The molecule has 2 aromatic carbocycles. The van der Waals surface area contributed by atoms with Gasteiger partial charge in [0.15, 0.2) is 0 Å². The molecule has 0 saturated carbocycles. The Bertz CT molecular complexity index is 755. The Kier molecular flexibility index (Phi) is 7.53. The van der Waals surface area contributed by atoms with Crippen LogP contribution >= 0.6 is 0 Å². The van der Waals surface area contributed by atoms with E-state index in [2.05, 4.69) is 48.4 Å². The number of anilines is 3. The Balaban J connectivity index is 1.98. The number of nitrogens with one attached hydrogen (secondary N) is 2. The van der Waals surface area contributed by atoms with Gasteiger partial charge < -0.3 is 20.3 Å². The number of carbonyl (C=O) groups excluding carboxylic acids is 1. The van der Waals surface area contributed by atoms with E-state index in [1.165, 1.54) is 5.69 Å². The molecule has 0 aliphatic carbocycles. The minimum Gasteiger partial charge on any atom is -0.489 e. The first-order valence-electron chi connectivity index (χ1n) is 9.59. The van der Waals surface area contributed by atoms with Crippen LogP contribution in [0.4, 0.5) is 17.1 Å². The lowest BCUT2D eigenvalue weighted by Gasteiger charge is -2.22. The summed E-state index contributed by atoms with van der Waals surface area (Å²) in [6.07, 6.45) is 0.0492. The average molecular weight is 370 g/mol. The van der Waals surface area contributed by atoms with Crippen molar-refractivity contribution >= 4 is 23.0 Å². The number of hydrogen-bond donors (Lipinski definition) is 2. The Morgan fingerprint density at radius 2 is 1.78 bits per heavy atom. The largest absolute Gasteiger partial charge is 0.489 e. The molecular formula is C22H31N3O2. The second kappa shape index (κ2) is 9.86. The molecule has 2 rings (SSSR count). The number of para-hydroxylation sites is 2. The van der Waals surface area contributed by atoms with Gasteiger partial charge in [-0.2, -0.15) is 0 Å². The summed E-state index contributed by atoms with van der Waals surface area (Å²) < 4.78 is 5.75. The van der Waals surface area contributed by atoms with E-state index in [4.69, 9.17) is 4.74 Å². The zero-order valence-electron chi connectivity index (χ0n) is 17.0. The Morgan fingerprint density at radius 1 is 1.07 bits per heavy atom. The highest BCUT2D eigenvalue weighted by Gasteiger charge is 2.10. The number of amides is 1. The van der Waals surface area contributed by atoms with Gasteiger partial charge >= 0.3 is 0 Å². The summed E-state index contributed by atoms with van der Waals surface area (Å²) in [5, 5.41) is 6.14. The second-order valence-corrected chi connectivity index (χ2v) is 6.74. The first kappa shape index (κ1) is 20.6. The Labute approximate surface area is 162 Å². The predicted octanol–water partition coefficient (Wildman–Crippen LogP) is 4.68. The van der Waals surface area contributed by atoms with Gasteiger partial charge in [-0.15, -0.1) is 0 Å². The van der Waals surface area contributed by atoms with Gasteiger partial charge in [0, 0.05) is 24.5 Å². The molecule has 0 bridgehead atoms. The molecule has 0 heterocycles. The maximum absolute atomic E-state index is 12.4. The quantitative estimate of drug-likeness (QED) is 0.674. The summed E-state index contributed by atoms with van der Waals surface area (Å²) in [4.78, 5) is 14.7. The molecule has 0 aromatic heterocycles. The Morgan fingerprint density at radius 3 is 2.41 bits per heavy atom. The number of carbonyl (C=O) groups is 1. The topological polar surface area (TPSA) is 53.6 Å². The molecule has 0 aliphatic heterocycles. The van der Waals surface area contributed by atoms with Gasteiger partial charge in [0.05, 0.1) is 18.3 Å². The first-order chi connectivity index (χ1) is 12.9. The van der Waals surface area contributed by atoms with Crippen LogP contribution in [-0.2, 0) is 4.79 Å². The molecular weight excluding hydrogens is 338 g/mol. The van der Waals surface area contributed by atoms with E-state index in [1.807, 2.05) is 44.2 Å². The van der Waals surface area contributed by atoms with Crippen molar-refractivity contribution in [2.24, 2.45) is 0 Å². The average Bonchev–Trinajstić information content (AvgIpc) is 2.63. The zero-order valence-corrected chi connectivity index (χ0v) is 17.0. The third-order valence-corrected chi connectivity index (χ3v) is 4.30. The van der Waals surface area contributed by atoms with Crippen LogP contribution in [0.3, 0.4) is 0 Å². The molecule has 0 atom stereocenters. The normalized spacial score (nSPS) is 10.6. The summed E-state index contributed by atoms with van der Waals surface area (Å²) in [7, 11) is 0. The number of aryl methyl sites for hydroxylation is 1. The minimum absolute atomic E-state index is 0.0492. The molecule has 0 unspecified atom stereocenters. The van der Waals surface area contributed by atoms with Gasteiger partial charge in [-0.05, 0) is 70.5 Å². The fourth-order valence-electron chi connectivity index (χ4n) is 2.93. The number of rotatable bonds is 9. The van der Waals surface area contributed by atoms with Crippen LogP contribution in [0.25, 0.3) is 0 Å². The van der Waals surface area contributed by atoms with E-state index in [1.54, 1.807) is 0 Å². The number of ether oxygens (including phenoxy) is 1. The van der Waals surface area contributed by atoms with E-state index in [-0.39, 0.29) is 18.6 Å². The van der Waals surface area contributed by atoms with Gasteiger partial charge in [0.25, 0.3) is 0 Å². The van der Waals surface area contributed by atoms with Crippen LogP contribution in [0, 0.1) is 6.92 Å². The second-order valence-electron chi connectivity index (χ2n) is 6.74. The number of benzene rings is 2. The minimum atomic E-state index is -0.109. The monoisotopic (exact) mass is 369 g/mol. The van der Waals surface area contributed by atoms with Crippen LogP contribution in [0.1, 0.15) is 33.3 Å². The zero-order chi connectivity index (χ0) is 19.8. The summed E-state index contributed by atoms with van der Waals surface area (Å²) in [5.41, 5.74) is 3.97. The maximum Gasteiger partial charge on any atom is 0.243 e. The third kappa shape index (κ3) is 5.91. The van der Waals surface area contributed by atoms with Crippen molar-refractivity contribution in [3.63, 3.8) is 0 Å². The molecule has 146 valence electrons. The lowest BCUT2D eigenvalue weighted by molar-refractivity contribution is -0.114. The highest BCUT2D eigenvalue weighted by molar-refractivity contribution is 5.95. The molecule has 0 saturated heterocycles. The van der Waals surface area contributed by atoms with E-state index in [0.29, 0.717) is 11.4 Å². The highest BCUT2D eigenvalue weighted by Crippen LogP contribution is 2.25. The van der Waals surface area contributed by atoms with Gasteiger partial charge in [0.1, 0.15) is 5.75 Å². The van der Waals surface area contributed by atoms with Crippen LogP contribution in [0.5, 0.6) is 5.75 Å². The van der Waals surface area contributed by atoms with Crippen molar-refractivity contribution < 1.29 is 9.53 Å². The standard InChI is InChI=1S/C22H31N3O2/c1-6-25(7-2)18-12-13-19(17(5)14-18)23-15-22(26)24-20-10-8-9-11-21(20)27-16(3)4/h8-14,16,23H,6-7,15H2,1-5H3,(H,24,26). The number of hydrogen-bond acceptors (Lipinski definition) is 4. The molecule has 0 spiro atoms. The van der Waals surface area contributed by atoms with Gasteiger partial charge in [-0.1, -0.05) is 12.1 Å². The summed E-state index contributed by atoms with van der Waals surface area (Å²) in [6.45, 7) is 12.4. The van der Waals surface area contributed by atoms with Crippen LogP contribution < -0.4 is 20.3 Å². The smallest absolute Gasteiger partial charge is 0.243 e. The van der Waals surface area contributed by atoms with Crippen molar-refractivity contribution in [2.45, 2.75) is 40.7 Å². The molecule has 0 aliphatic rings. The highest BCUT2D eigenvalue weighted by atomic mass is 16.5. The van der Waals surface area contributed by atoms with Crippen LogP contribution in [-0.4, -0.2) is 31.6 Å². The molecule has 2 aromatic rings. The van der Waals surface area contributed by atoms with Crippen molar-refractivity contribution in [1.29, 1.82) is 0 Å². The van der Waals surface area contributed by atoms with Crippen LogP contribution in [0.2, 0.25) is 0 Å². The fourth-order valence-corrected chi connectivity index (χ4v) is 2.93. The third-order valence-electron chi connectivity index (χ3n) is 4.30. The molecule has 5 heteroatoms. The van der Waals surface area contributed by atoms with Crippen LogP contribution in [0.15, 0.2) is 42.5 Å². The van der Waals surface area contributed by atoms with E-state index < -0.39 is 0 Å². The molecule has 27 heavy (non-hydrogen) atoms. The summed E-state index contributed by atoms with van der Waals surface area (Å²) in [5.74, 6) is 0.572. The van der Waals surface area contributed by atoms with Gasteiger partial charge in [-0.3, -0.25) is 4.79 Å². The summed E-state index contributed by atoms with van der Waals surface area (Å²) >= 11 is 0. The molecule has 0 radical (unpaired) electrons. The molecule has 5 nitrogen and oxygen atoms in total. The lowest BCUT2D eigenvalue weighted by atomic mass is 10.1. The lowest BCUT2D eigenvalue weighted by Crippen LogP contribution is -2.23. The Hall–Kier alpha value is -2.69. The molecule has 1 amide bonds.